The molecule has 4 fully saturated rings. The molecule has 0 aromatic carbocycles. The van der Waals surface area contributed by atoms with Crippen molar-refractivity contribution >= 4 is 17.4 Å². The molecule has 0 amide bonds. The molecule has 1 N–H and O–H groups in total. The highest BCUT2D eigenvalue weighted by atomic mass is 35.5. The first-order valence-corrected chi connectivity index (χ1v) is 9.38. The van der Waals surface area contributed by atoms with Gasteiger partial charge in [0.15, 0.2) is 5.82 Å². The third kappa shape index (κ3) is 2.43. The fraction of sp³-hybridized carbons (Fsp3) is 0.706. The van der Waals surface area contributed by atoms with Gasteiger partial charge in [-0.25, -0.2) is 9.97 Å². The van der Waals surface area contributed by atoms with Crippen LogP contribution in [0.15, 0.2) is 6.20 Å². The van der Waals surface area contributed by atoms with Crippen molar-refractivity contribution in [3.63, 3.8) is 0 Å². The monoisotopic (exact) mass is 359 g/mol. The summed E-state index contributed by atoms with van der Waals surface area (Å²) in [5.41, 5.74) is -0.0110. The van der Waals surface area contributed by atoms with E-state index in [4.69, 9.17) is 11.6 Å². The van der Waals surface area contributed by atoms with Crippen LogP contribution in [0, 0.1) is 25.7 Å². The minimum Gasteiger partial charge on any atom is -0.363 e. The lowest BCUT2D eigenvalue weighted by atomic mass is 9.50. The number of tetrazole rings is 1. The van der Waals surface area contributed by atoms with Gasteiger partial charge in [0.25, 0.3) is 0 Å². The van der Waals surface area contributed by atoms with Gasteiger partial charge in [-0.2, -0.15) is 4.80 Å². The topological polar surface area (TPSA) is 81.4 Å². The van der Waals surface area contributed by atoms with Crippen molar-refractivity contribution in [2.24, 2.45) is 11.8 Å². The Morgan fingerprint density at radius 2 is 1.92 bits per heavy atom. The number of rotatable bonds is 3. The third-order valence-corrected chi connectivity index (χ3v) is 6.49. The Kier molecular flexibility index (Phi) is 3.18. The zero-order chi connectivity index (χ0) is 17.2. The van der Waals surface area contributed by atoms with Crippen molar-refractivity contribution in [1.29, 1.82) is 0 Å². The van der Waals surface area contributed by atoms with E-state index in [-0.39, 0.29) is 11.1 Å². The van der Waals surface area contributed by atoms with Crippen molar-refractivity contribution < 1.29 is 0 Å². The first-order chi connectivity index (χ1) is 12.0. The maximum Gasteiger partial charge on any atom is 0.171 e. The molecular weight excluding hydrogens is 338 g/mol. The van der Waals surface area contributed by atoms with E-state index in [9.17, 15) is 0 Å². The molecule has 4 saturated carbocycles. The van der Waals surface area contributed by atoms with Crippen LogP contribution in [0.1, 0.15) is 50.2 Å². The highest BCUT2D eigenvalue weighted by Crippen LogP contribution is 2.61. The molecule has 2 aromatic rings. The van der Waals surface area contributed by atoms with Gasteiger partial charge in [-0.15, -0.1) is 10.2 Å². The predicted octanol–water partition coefficient (Wildman–Crippen LogP) is 2.89. The summed E-state index contributed by atoms with van der Waals surface area (Å²) in [5.74, 6) is 3.63. The van der Waals surface area contributed by atoms with Crippen LogP contribution >= 0.6 is 11.6 Å². The first kappa shape index (κ1) is 15.5. The first-order valence-electron chi connectivity index (χ1n) is 9.00. The molecule has 7 nitrogen and oxygen atoms in total. The summed E-state index contributed by atoms with van der Waals surface area (Å²) < 4.78 is 0. The zero-order valence-electron chi connectivity index (χ0n) is 14.5. The number of halogens is 1. The van der Waals surface area contributed by atoms with Gasteiger partial charge in [-0.3, -0.25) is 0 Å². The summed E-state index contributed by atoms with van der Waals surface area (Å²) in [7, 11) is 0. The van der Waals surface area contributed by atoms with Crippen LogP contribution < -0.4 is 5.32 Å². The lowest BCUT2D eigenvalue weighted by molar-refractivity contribution is -0.0635. The minimum absolute atomic E-state index is 0.00997. The Labute approximate surface area is 151 Å². The summed E-state index contributed by atoms with van der Waals surface area (Å²) >= 11 is 6.36. The van der Waals surface area contributed by atoms with Crippen molar-refractivity contribution in [2.45, 2.75) is 63.5 Å². The van der Waals surface area contributed by atoms with E-state index in [0.29, 0.717) is 16.9 Å². The van der Waals surface area contributed by atoms with Crippen LogP contribution in [0.4, 0.5) is 5.82 Å². The number of nitrogens with one attached hydrogen (secondary N) is 1. The molecule has 2 heterocycles. The molecule has 0 aliphatic heterocycles. The number of anilines is 1. The second kappa shape index (κ2) is 5.13. The van der Waals surface area contributed by atoms with E-state index in [2.05, 4.69) is 30.7 Å². The summed E-state index contributed by atoms with van der Waals surface area (Å²) in [4.78, 5) is 10.6. The Morgan fingerprint density at radius 1 is 1.16 bits per heavy atom. The second-order valence-electron chi connectivity index (χ2n) is 8.33. The molecule has 6 rings (SSSR count). The Bertz CT molecular complexity index is 818. The molecule has 0 spiro atoms. The predicted molar refractivity (Wildman–Crippen MR) is 93.3 cm³/mol. The van der Waals surface area contributed by atoms with E-state index in [1.165, 1.54) is 6.42 Å². The van der Waals surface area contributed by atoms with Crippen molar-refractivity contribution in [3.8, 4) is 0 Å². The molecule has 4 aliphatic rings. The van der Waals surface area contributed by atoms with E-state index in [0.717, 1.165) is 49.6 Å². The third-order valence-electron chi connectivity index (χ3n) is 6.22. The molecule has 2 atom stereocenters. The summed E-state index contributed by atoms with van der Waals surface area (Å²) in [5, 5.41) is 17.4. The number of hydrogen-bond acceptors (Lipinski definition) is 6. The molecule has 8 heteroatoms. The van der Waals surface area contributed by atoms with Crippen molar-refractivity contribution in [1.82, 2.24) is 30.2 Å². The van der Waals surface area contributed by atoms with E-state index in [1.54, 1.807) is 6.20 Å². The molecule has 0 saturated heterocycles. The van der Waals surface area contributed by atoms with Crippen LogP contribution in [0.2, 0.25) is 5.02 Å². The van der Waals surface area contributed by atoms with Gasteiger partial charge in [-0.1, -0.05) is 11.6 Å². The standard InChI is InChI=1S/C17H22ClN7/c1-10-19-8-14(18)15(20-10)21-16-4-12-3-13(5-16)7-17(6-12,9-16)25-23-11(2)22-24-25/h8,12-13H,3-7,9H2,1-2H3,(H,19,20,21). The second-order valence-corrected chi connectivity index (χ2v) is 8.74. The maximum absolute atomic E-state index is 6.36. The maximum atomic E-state index is 6.36. The van der Waals surface area contributed by atoms with Gasteiger partial charge in [0.2, 0.25) is 0 Å². The van der Waals surface area contributed by atoms with Gasteiger partial charge >= 0.3 is 0 Å². The number of aromatic nitrogens is 6. The summed E-state index contributed by atoms with van der Waals surface area (Å²) in [6, 6.07) is 0. The van der Waals surface area contributed by atoms with Crippen molar-refractivity contribution in [3.05, 3.63) is 22.9 Å². The molecule has 2 aromatic heterocycles. The number of nitrogens with zero attached hydrogens (tertiary/aromatic N) is 6. The van der Waals surface area contributed by atoms with Gasteiger partial charge in [0.1, 0.15) is 16.7 Å². The SMILES string of the molecule is Cc1ncc(Cl)c(NC23CC4CC(C2)CC(n2nnc(C)n2)(C4)C3)n1. The minimum atomic E-state index is -0.0209. The lowest BCUT2D eigenvalue weighted by Gasteiger charge is -2.61. The normalized spacial score (nSPS) is 36.0. The molecule has 4 bridgehead atoms. The van der Waals surface area contributed by atoms with Crippen LogP contribution in [0.25, 0.3) is 0 Å². The smallest absolute Gasteiger partial charge is 0.171 e. The van der Waals surface area contributed by atoms with Crippen molar-refractivity contribution in [2.75, 3.05) is 5.32 Å². The van der Waals surface area contributed by atoms with E-state index < -0.39 is 0 Å². The van der Waals surface area contributed by atoms with Crippen LogP contribution in [-0.4, -0.2) is 35.7 Å². The summed E-state index contributed by atoms with van der Waals surface area (Å²) in [6.07, 6.45) is 8.64. The number of aryl methyl sites for hydroxylation is 2. The van der Waals surface area contributed by atoms with E-state index in [1.807, 2.05) is 18.6 Å². The van der Waals surface area contributed by atoms with Crippen LogP contribution in [0.5, 0.6) is 0 Å². The largest absolute Gasteiger partial charge is 0.363 e. The zero-order valence-corrected chi connectivity index (χ0v) is 15.3. The van der Waals surface area contributed by atoms with Gasteiger partial charge in [0.05, 0.1) is 11.7 Å². The van der Waals surface area contributed by atoms with Gasteiger partial charge in [-0.05, 0) is 69.4 Å². The molecular formula is C17H22ClN7. The highest BCUT2D eigenvalue weighted by molar-refractivity contribution is 6.32. The van der Waals surface area contributed by atoms with E-state index >= 15 is 0 Å². The van der Waals surface area contributed by atoms with Gasteiger partial charge < -0.3 is 5.32 Å². The molecule has 132 valence electrons. The molecule has 2 unspecified atom stereocenters. The Balaban J connectivity index is 1.53. The number of hydrogen-bond donors (Lipinski definition) is 1. The molecule has 4 aliphatic carbocycles. The Morgan fingerprint density at radius 3 is 2.60 bits per heavy atom. The Hall–Kier alpha value is -1.76. The fourth-order valence-electron chi connectivity index (χ4n) is 5.87. The average molecular weight is 360 g/mol. The van der Waals surface area contributed by atoms with Gasteiger partial charge in [0, 0.05) is 5.54 Å². The summed E-state index contributed by atoms with van der Waals surface area (Å²) in [6.45, 7) is 3.80. The molecule has 0 radical (unpaired) electrons. The average Bonchev–Trinajstić information content (AvgIpc) is 2.97. The fourth-order valence-corrected chi connectivity index (χ4v) is 6.01. The van der Waals surface area contributed by atoms with Crippen LogP contribution in [-0.2, 0) is 5.54 Å². The lowest BCUT2D eigenvalue weighted by Crippen LogP contribution is -2.63. The highest BCUT2D eigenvalue weighted by Gasteiger charge is 2.60. The molecule has 25 heavy (non-hydrogen) atoms. The van der Waals surface area contributed by atoms with Crippen LogP contribution in [0.3, 0.4) is 0 Å². The quantitative estimate of drug-likeness (QED) is 0.907.